The first kappa shape index (κ1) is 13.7. The third kappa shape index (κ3) is 9.80. The molecule has 0 spiro atoms. The number of halogens is 3. The van der Waals surface area contributed by atoms with Crippen molar-refractivity contribution in [3.05, 3.63) is 0 Å². The maximum atomic E-state index is 11.7. The van der Waals surface area contributed by atoms with Gasteiger partial charge in [0.1, 0.15) is 0 Å². The summed E-state index contributed by atoms with van der Waals surface area (Å²) in [5.41, 5.74) is 0. The summed E-state index contributed by atoms with van der Waals surface area (Å²) in [6, 6.07) is 0. The first-order valence-electron chi connectivity index (χ1n) is 4.91. The molecule has 0 radical (unpaired) electrons. The summed E-state index contributed by atoms with van der Waals surface area (Å²) in [4.78, 5) is 0. The third-order valence-corrected chi connectivity index (χ3v) is 1.92. The van der Waals surface area contributed by atoms with Gasteiger partial charge in [0.25, 0.3) is 0 Å². The van der Waals surface area contributed by atoms with Gasteiger partial charge in [0.15, 0.2) is 0 Å². The van der Waals surface area contributed by atoms with Crippen molar-refractivity contribution in [2.75, 3.05) is 13.1 Å². The molecule has 0 aliphatic rings. The van der Waals surface area contributed by atoms with Gasteiger partial charge in [0, 0.05) is 13.0 Å². The van der Waals surface area contributed by atoms with Crippen molar-refractivity contribution in [3.8, 4) is 0 Å². The summed E-state index contributed by atoms with van der Waals surface area (Å²) in [7, 11) is 0. The van der Waals surface area contributed by atoms with Crippen LogP contribution in [0.1, 0.15) is 32.6 Å². The molecule has 0 aromatic heterocycles. The lowest BCUT2D eigenvalue weighted by molar-refractivity contribution is -0.135. The lowest BCUT2D eigenvalue weighted by Gasteiger charge is -2.09. The molecule has 0 rings (SSSR count). The standard InChI is InChI=1S/C9H18F3NO/c1-2-8(14)7-13-6-4-3-5-9(10,11)12/h8,13-14H,2-7H2,1H3. The number of unbranched alkanes of at least 4 members (excludes halogenated alkanes) is 1. The van der Waals surface area contributed by atoms with E-state index in [1.165, 1.54) is 0 Å². The van der Waals surface area contributed by atoms with Crippen LogP contribution in [-0.2, 0) is 0 Å². The van der Waals surface area contributed by atoms with E-state index in [2.05, 4.69) is 5.32 Å². The van der Waals surface area contributed by atoms with Crippen molar-refractivity contribution in [1.82, 2.24) is 5.32 Å². The average Bonchev–Trinajstić information content (AvgIpc) is 2.08. The van der Waals surface area contributed by atoms with Crippen LogP contribution in [0.3, 0.4) is 0 Å². The van der Waals surface area contributed by atoms with E-state index in [0.717, 1.165) is 0 Å². The van der Waals surface area contributed by atoms with Crippen LogP contribution in [0.15, 0.2) is 0 Å². The second-order valence-corrected chi connectivity index (χ2v) is 3.34. The molecule has 1 atom stereocenters. The Morgan fingerprint density at radius 1 is 1.29 bits per heavy atom. The zero-order valence-electron chi connectivity index (χ0n) is 8.40. The van der Waals surface area contributed by atoms with Gasteiger partial charge in [-0.1, -0.05) is 6.92 Å². The van der Waals surface area contributed by atoms with Crippen LogP contribution >= 0.6 is 0 Å². The molecule has 0 aromatic carbocycles. The molecular formula is C9H18F3NO. The molecule has 0 heterocycles. The molecule has 86 valence electrons. The maximum absolute atomic E-state index is 11.7. The van der Waals surface area contributed by atoms with Crippen LogP contribution in [0.5, 0.6) is 0 Å². The lowest BCUT2D eigenvalue weighted by atomic mass is 10.2. The second kappa shape index (κ2) is 7.06. The van der Waals surface area contributed by atoms with Crippen molar-refractivity contribution in [1.29, 1.82) is 0 Å². The van der Waals surface area contributed by atoms with E-state index in [1.807, 2.05) is 6.92 Å². The monoisotopic (exact) mass is 213 g/mol. The normalized spacial score (nSPS) is 14.4. The van der Waals surface area contributed by atoms with Crippen molar-refractivity contribution >= 4 is 0 Å². The zero-order chi connectivity index (χ0) is 11.0. The Morgan fingerprint density at radius 3 is 2.43 bits per heavy atom. The molecule has 0 amide bonds. The first-order valence-corrected chi connectivity index (χ1v) is 4.91. The largest absolute Gasteiger partial charge is 0.392 e. The first-order chi connectivity index (χ1) is 6.45. The van der Waals surface area contributed by atoms with Gasteiger partial charge >= 0.3 is 6.18 Å². The maximum Gasteiger partial charge on any atom is 0.389 e. The zero-order valence-corrected chi connectivity index (χ0v) is 8.40. The van der Waals surface area contributed by atoms with E-state index in [0.29, 0.717) is 25.9 Å². The Balaban J connectivity index is 3.14. The number of rotatable bonds is 7. The number of aliphatic hydroxyl groups is 1. The summed E-state index contributed by atoms with van der Waals surface area (Å²) in [5.74, 6) is 0. The van der Waals surface area contributed by atoms with E-state index < -0.39 is 18.7 Å². The molecule has 1 unspecified atom stereocenters. The summed E-state index contributed by atoms with van der Waals surface area (Å²) >= 11 is 0. The number of hydrogen-bond donors (Lipinski definition) is 2. The molecular weight excluding hydrogens is 195 g/mol. The molecule has 2 N–H and O–H groups in total. The van der Waals surface area contributed by atoms with Gasteiger partial charge in [-0.3, -0.25) is 0 Å². The number of aliphatic hydroxyl groups excluding tert-OH is 1. The fourth-order valence-electron chi connectivity index (χ4n) is 0.988. The van der Waals surface area contributed by atoms with E-state index in [-0.39, 0.29) is 6.42 Å². The SMILES string of the molecule is CCC(O)CNCCCCC(F)(F)F. The number of nitrogens with one attached hydrogen (secondary N) is 1. The predicted octanol–water partition coefficient (Wildman–Crippen LogP) is 2.08. The van der Waals surface area contributed by atoms with Gasteiger partial charge in [0.2, 0.25) is 0 Å². The summed E-state index contributed by atoms with van der Waals surface area (Å²) < 4.78 is 35.1. The van der Waals surface area contributed by atoms with Gasteiger partial charge in [-0.05, 0) is 25.8 Å². The second-order valence-electron chi connectivity index (χ2n) is 3.34. The fourth-order valence-corrected chi connectivity index (χ4v) is 0.988. The molecule has 0 aliphatic heterocycles. The van der Waals surface area contributed by atoms with E-state index in [1.54, 1.807) is 0 Å². The molecule has 2 nitrogen and oxygen atoms in total. The molecule has 0 saturated heterocycles. The minimum Gasteiger partial charge on any atom is -0.392 e. The van der Waals surface area contributed by atoms with Crippen LogP contribution < -0.4 is 5.32 Å². The quantitative estimate of drug-likeness (QED) is 0.634. The van der Waals surface area contributed by atoms with Gasteiger partial charge in [-0.2, -0.15) is 13.2 Å². The Morgan fingerprint density at radius 2 is 1.93 bits per heavy atom. The van der Waals surface area contributed by atoms with Gasteiger partial charge in [0.05, 0.1) is 6.10 Å². The van der Waals surface area contributed by atoms with Crippen LogP contribution in [0, 0.1) is 0 Å². The van der Waals surface area contributed by atoms with Crippen molar-refractivity contribution in [2.24, 2.45) is 0 Å². The van der Waals surface area contributed by atoms with Crippen LogP contribution in [0.2, 0.25) is 0 Å². The highest BCUT2D eigenvalue weighted by Crippen LogP contribution is 2.21. The van der Waals surface area contributed by atoms with E-state index in [4.69, 9.17) is 5.11 Å². The average molecular weight is 213 g/mol. The molecule has 5 heteroatoms. The Hall–Kier alpha value is -0.290. The summed E-state index contributed by atoms with van der Waals surface area (Å²) in [6.45, 7) is 2.85. The molecule has 0 bridgehead atoms. The van der Waals surface area contributed by atoms with Gasteiger partial charge in [-0.15, -0.1) is 0 Å². The lowest BCUT2D eigenvalue weighted by Crippen LogP contribution is -2.27. The molecule has 14 heavy (non-hydrogen) atoms. The minimum atomic E-state index is -4.04. The van der Waals surface area contributed by atoms with E-state index >= 15 is 0 Å². The van der Waals surface area contributed by atoms with Crippen LogP contribution in [-0.4, -0.2) is 30.5 Å². The third-order valence-electron chi connectivity index (χ3n) is 1.92. The smallest absolute Gasteiger partial charge is 0.389 e. The van der Waals surface area contributed by atoms with E-state index in [9.17, 15) is 13.2 Å². The van der Waals surface area contributed by atoms with Crippen molar-refractivity contribution in [2.45, 2.75) is 44.9 Å². The Bertz CT molecular complexity index is 139. The van der Waals surface area contributed by atoms with Crippen LogP contribution in [0.4, 0.5) is 13.2 Å². The highest BCUT2D eigenvalue weighted by atomic mass is 19.4. The fraction of sp³-hybridized carbons (Fsp3) is 1.00. The molecule has 0 aliphatic carbocycles. The Kier molecular flexibility index (Phi) is 6.92. The van der Waals surface area contributed by atoms with Gasteiger partial charge in [-0.25, -0.2) is 0 Å². The summed E-state index contributed by atoms with van der Waals surface area (Å²) in [6.07, 6.45) is -3.84. The molecule has 0 fully saturated rings. The van der Waals surface area contributed by atoms with Gasteiger partial charge < -0.3 is 10.4 Å². The number of alkyl halides is 3. The Labute approximate surface area is 82.5 Å². The highest BCUT2D eigenvalue weighted by molar-refractivity contribution is 4.58. The molecule has 0 aromatic rings. The number of hydrogen-bond acceptors (Lipinski definition) is 2. The minimum absolute atomic E-state index is 0.152. The highest BCUT2D eigenvalue weighted by Gasteiger charge is 2.25. The topological polar surface area (TPSA) is 32.3 Å². The van der Waals surface area contributed by atoms with Crippen molar-refractivity contribution in [3.63, 3.8) is 0 Å². The van der Waals surface area contributed by atoms with Crippen LogP contribution in [0.25, 0.3) is 0 Å². The summed E-state index contributed by atoms with van der Waals surface area (Å²) in [5, 5.41) is 12.0. The molecule has 0 saturated carbocycles. The van der Waals surface area contributed by atoms with Crippen molar-refractivity contribution < 1.29 is 18.3 Å². The predicted molar refractivity (Wildman–Crippen MR) is 49.1 cm³/mol.